The Bertz CT molecular complexity index is 739. The number of carbonyl (C=O) groups excluding carboxylic acids is 1. The zero-order valence-corrected chi connectivity index (χ0v) is 14.2. The van der Waals surface area contributed by atoms with E-state index in [-0.39, 0.29) is 17.6 Å². The summed E-state index contributed by atoms with van der Waals surface area (Å²) in [6, 6.07) is 6.04. The fourth-order valence-corrected chi connectivity index (χ4v) is 3.60. The lowest BCUT2D eigenvalue weighted by atomic mass is 9.82. The first kappa shape index (κ1) is 16.2. The number of aromatic nitrogens is 2. The Kier molecular flexibility index (Phi) is 4.51. The normalized spacial score (nSPS) is 21.2. The molecule has 1 aromatic heterocycles. The predicted octanol–water partition coefficient (Wildman–Crippen LogP) is 3.77. The Labute approximate surface area is 146 Å². The highest BCUT2D eigenvalue weighted by molar-refractivity contribution is 5.76. The maximum Gasteiger partial charge on any atom is 0.231 e. The summed E-state index contributed by atoms with van der Waals surface area (Å²) in [6.45, 7) is 1.47. The van der Waals surface area contributed by atoms with Crippen LogP contribution in [-0.4, -0.2) is 34.0 Å². The molecule has 1 aromatic carbocycles. The van der Waals surface area contributed by atoms with E-state index in [1.54, 1.807) is 12.1 Å². The zero-order chi connectivity index (χ0) is 17.2. The lowest BCUT2D eigenvalue weighted by Crippen LogP contribution is -2.40. The van der Waals surface area contributed by atoms with Crippen LogP contribution in [0.3, 0.4) is 0 Å². The largest absolute Gasteiger partial charge is 0.342 e. The van der Waals surface area contributed by atoms with Crippen LogP contribution in [0.25, 0.3) is 11.4 Å². The third kappa shape index (κ3) is 3.57. The molecule has 2 aliphatic rings. The average molecular weight is 343 g/mol. The first-order chi connectivity index (χ1) is 12.2. The van der Waals surface area contributed by atoms with E-state index in [0.29, 0.717) is 30.6 Å². The summed E-state index contributed by atoms with van der Waals surface area (Å²) in [7, 11) is 0. The molecule has 0 bridgehead atoms. The molecule has 1 amide bonds. The highest BCUT2D eigenvalue weighted by Gasteiger charge is 2.30. The van der Waals surface area contributed by atoms with Crippen molar-refractivity contribution in [3.05, 3.63) is 36.0 Å². The number of halogens is 1. The van der Waals surface area contributed by atoms with Crippen LogP contribution in [0.2, 0.25) is 0 Å². The molecule has 1 saturated heterocycles. The quantitative estimate of drug-likeness (QED) is 0.848. The number of carbonyl (C=O) groups is 1. The molecule has 0 spiro atoms. The summed E-state index contributed by atoms with van der Waals surface area (Å²) in [4.78, 5) is 18.9. The van der Waals surface area contributed by atoms with Crippen LogP contribution in [0, 0.1) is 11.7 Å². The lowest BCUT2D eigenvalue weighted by molar-refractivity contribution is -0.134. The van der Waals surface area contributed by atoms with Crippen LogP contribution < -0.4 is 0 Å². The van der Waals surface area contributed by atoms with Crippen LogP contribution in [0.15, 0.2) is 28.8 Å². The summed E-state index contributed by atoms with van der Waals surface area (Å²) in [5.41, 5.74) is 0.727. The lowest BCUT2D eigenvalue weighted by Gasteiger charge is -2.33. The molecule has 4 rings (SSSR count). The van der Waals surface area contributed by atoms with Gasteiger partial charge >= 0.3 is 0 Å². The van der Waals surface area contributed by atoms with E-state index in [2.05, 4.69) is 10.1 Å². The van der Waals surface area contributed by atoms with E-state index in [4.69, 9.17) is 4.52 Å². The van der Waals surface area contributed by atoms with Crippen molar-refractivity contribution in [2.75, 3.05) is 13.1 Å². The Hall–Kier alpha value is -2.24. The number of rotatable bonds is 4. The van der Waals surface area contributed by atoms with Crippen LogP contribution in [0.5, 0.6) is 0 Å². The van der Waals surface area contributed by atoms with Gasteiger partial charge in [-0.15, -0.1) is 0 Å². The van der Waals surface area contributed by atoms with Crippen LogP contribution in [-0.2, 0) is 4.79 Å². The molecule has 5 nitrogen and oxygen atoms in total. The molecule has 2 fully saturated rings. The molecule has 6 heteroatoms. The van der Waals surface area contributed by atoms with Crippen molar-refractivity contribution in [2.24, 2.45) is 5.92 Å². The highest BCUT2D eigenvalue weighted by atomic mass is 19.1. The van der Waals surface area contributed by atoms with Gasteiger partial charge in [-0.3, -0.25) is 4.79 Å². The molecule has 25 heavy (non-hydrogen) atoms. The van der Waals surface area contributed by atoms with E-state index >= 15 is 0 Å². The minimum atomic E-state index is -0.291. The molecule has 0 N–H and O–H groups in total. The third-order valence-corrected chi connectivity index (χ3v) is 5.36. The van der Waals surface area contributed by atoms with Crippen LogP contribution in [0.4, 0.5) is 4.39 Å². The molecule has 0 radical (unpaired) electrons. The summed E-state index contributed by atoms with van der Waals surface area (Å²) in [6.07, 6.45) is 6.21. The zero-order valence-electron chi connectivity index (χ0n) is 14.2. The number of amides is 1. The van der Waals surface area contributed by atoms with E-state index in [1.807, 2.05) is 4.90 Å². The van der Waals surface area contributed by atoms with Gasteiger partial charge in [-0.1, -0.05) is 11.6 Å². The van der Waals surface area contributed by atoms with E-state index in [1.165, 1.54) is 31.4 Å². The summed E-state index contributed by atoms with van der Waals surface area (Å²) in [5, 5.41) is 4.02. The van der Waals surface area contributed by atoms with Crippen LogP contribution >= 0.6 is 0 Å². The van der Waals surface area contributed by atoms with Gasteiger partial charge in [0, 0.05) is 25.1 Å². The minimum absolute atomic E-state index is 0.0841. The van der Waals surface area contributed by atoms with Gasteiger partial charge in [-0.25, -0.2) is 4.39 Å². The Morgan fingerprint density at radius 3 is 2.72 bits per heavy atom. The topological polar surface area (TPSA) is 59.2 Å². The first-order valence-corrected chi connectivity index (χ1v) is 9.06. The molecule has 2 aromatic rings. The molecule has 1 atom stereocenters. The monoisotopic (exact) mass is 343 g/mol. The number of likely N-dealkylation sites (tertiary alicyclic amines) is 1. The summed E-state index contributed by atoms with van der Waals surface area (Å²) >= 11 is 0. The van der Waals surface area contributed by atoms with Crippen LogP contribution in [0.1, 0.15) is 50.3 Å². The van der Waals surface area contributed by atoms with Gasteiger partial charge in [-0.05, 0) is 55.9 Å². The molecular weight excluding hydrogens is 321 g/mol. The van der Waals surface area contributed by atoms with Gasteiger partial charge in [-0.2, -0.15) is 4.98 Å². The van der Waals surface area contributed by atoms with E-state index < -0.39 is 0 Å². The van der Waals surface area contributed by atoms with Crippen molar-refractivity contribution < 1.29 is 13.7 Å². The molecule has 1 aliphatic carbocycles. The standard InChI is InChI=1S/C19H22FN3O2/c20-16-8-6-14(7-9-16)18-21-19(25-22-18)15-5-2-10-23(12-15)17(24)11-13-3-1-4-13/h6-9,13,15H,1-5,10-12H2/t15-/m0/s1. The first-order valence-electron chi connectivity index (χ1n) is 9.06. The number of hydrogen-bond acceptors (Lipinski definition) is 4. The maximum atomic E-state index is 13.0. The van der Waals surface area contributed by atoms with Gasteiger partial charge in [0.2, 0.25) is 17.6 Å². The molecule has 132 valence electrons. The Morgan fingerprint density at radius 2 is 2.00 bits per heavy atom. The maximum absolute atomic E-state index is 13.0. The minimum Gasteiger partial charge on any atom is -0.342 e. The SMILES string of the molecule is O=C(CC1CCC1)N1CCC[C@H](c2nc(-c3ccc(F)cc3)no2)C1. The number of piperidine rings is 1. The second kappa shape index (κ2) is 6.94. The van der Waals surface area contributed by atoms with Crippen molar-refractivity contribution in [3.63, 3.8) is 0 Å². The van der Waals surface area contributed by atoms with Gasteiger partial charge in [0.05, 0.1) is 5.92 Å². The van der Waals surface area contributed by atoms with Crippen molar-refractivity contribution in [1.82, 2.24) is 15.0 Å². The van der Waals surface area contributed by atoms with Gasteiger partial charge in [0.1, 0.15) is 5.82 Å². The number of benzene rings is 1. The molecule has 2 heterocycles. The smallest absolute Gasteiger partial charge is 0.231 e. The third-order valence-electron chi connectivity index (χ3n) is 5.36. The van der Waals surface area contributed by atoms with Crippen molar-refractivity contribution in [1.29, 1.82) is 0 Å². The van der Waals surface area contributed by atoms with Gasteiger partial charge < -0.3 is 9.42 Å². The Morgan fingerprint density at radius 1 is 1.20 bits per heavy atom. The van der Waals surface area contributed by atoms with E-state index in [0.717, 1.165) is 24.9 Å². The summed E-state index contributed by atoms with van der Waals surface area (Å²) in [5.74, 6) is 1.67. The van der Waals surface area contributed by atoms with Gasteiger partial charge in [0.15, 0.2) is 0 Å². The number of hydrogen-bond donors (Lipinski definition) is 0. The van der Waals surface area contributed by atoms with Crippen molar-refractivity contribution >= 4 is 5.91 Å². The fraction of sp³-hybridized carbons (Fsp3) is 0.526. The molecule has 1 aliphatic heterocycles. The second-order valence-electron chi connectivity index (χ2n) is 7.14. The number of nitrogens with zero attached hydrogens (tertiary/aromatic N) is 3. The average Bonchev–Trinajstić information content (AvgIpc) is 3.09. The van der Waals surface area contributed by atoms with Crippen molar-refractivity contribution in [2.45, 2.75) is 44.4 Å². The highest BCUT2D eigenvalue weighted by Crippen LogP contribution is 2.32. The van der Waals surface area contributed by atoms with Crippen molar-refractivity contribution in [3.8, 4) is 11.4 Å². The molecule has 1 saturated carbocycles. The fourth-order valence-electron chi connectivity index (χ4n) is 3.60. The second-order valence-corrected chi connectivity index (χ2v) is 7.14. The van der Waals surface area contributed by atoms with Gasteiger partial charge in [0.25, 0.3) is 0 Å². The predicted molar refractivity (Wildman–Crippen MR) is 90.2 cm³/mol. The molecule has 0 unspecified atom stereocenters. The Balaban J connectivity index is 1.42. The molecular formula is C19H22FN3O2. The summed E-state index contributed by atoms with van der Waals surface area (Å²) < 4.78 is 18.5. The van der Waals surface area contributed by atoms with E-state index in [9.17, 15) is 9.18 Å².